The van der Waals surface area contributed by atoms with E-state index in [2.05, 4.69) is 27.3 Å². The first-order valence-electron chi connectivity index (χ1n) is 10.7. The van der Waals surface area contributed by atoms with Gasteiger partial charge in [-0.1, -0.05) is 67.3 Å². The molecule has 4 rings (SSSR count). The van der Waals surface area contributed by atoms with Crippen LogP contribution in [0.5, 0.6) is 0 Å². The predicted octanol–water partition coefficient (Wildman–Crippen LogP) is 5.56. The highest BCUT2D eigenvalue weighted by Gasteiger charge is 2.11. The van der Waals surface area contributed by atoms with Crippen molar-refractivity contribution in [2.24, 2.45) is 0 Å². The molecule has 2 aromatic heterocycles. The van der Waals surface area contributed by atoms with E-state index in [-0.39, 0.29) is 5.91 Å². The molecular formula is C27H25N5O. The number of nitrogens with one attached hydrogen (secondary N) is 2. The van der Waals surface area contributed by atoms with Crippen molar-refractivity contribution < 1.29 is 4.79 Å². The zero-order valence-corrected chi connectivity index (χ0v) is 18.4. The van der Waals surface area contributed by atoms with Gasteiger partial charge in [-0.25, -0.2) is 4.52 Å². The quantitative estimate of drug-likeness (QED) is 0.356. The Morgan fingerprint density at radius 2 is 1.82 bits per heavy atom. The van der Waals surface area contributed by atoms with E-state index in [0.29, 0.717) is 18.1 Å². The number of aromatic nitrogens is 3. The van der Waals surface area contributed by atoms with Gasteiger partial charge in [-0.2, -0.15) is 4.98 Å². The second-order valence-corrected chi connectivity index (χ2v) is 7.34. The molecule has 0 spiro atoms. The second-order valence-electron chi connectivity index (χ2n) is 7.34. The van der Waals surface area contributed by atoms with Crippen molar-refractivity contribution in [2.45, 2.75) is 6.92 Å². The van der Waals surface area contributed by atoms with Gasteiger partial charge in [0, 0.05) is 23.4 Å². The van der Waals surface area contributed by atoms with Gasteiger partial charge in [0.2, 0.25) is 5.95 Å². The summed E-state index contributed by atoms with van der Waals surface area (Å²) >= 11 is 0. The SMILES string of the molecule is C=CC=C(C=CC)CNC(=O)c1ccc(-c2cccc3nc(Nc4ccccc4)nn23)cc1. The van der Waals surface area contributed by atoms with Crippen LogP contribution in [0, 0.1) is 0 Å². The Hall–Kier alpha value is -4.45. The first-order valence-corrected chi connectivity index (χ1v) is 10.7. The summed E-state index contributed by atoms with van der Waals surface area (Å²) in [5.41, 5.74) is 5.06. The van der Waals surface area contributed by atoms with Gasteiger partial charge in [0.15, 0.2) is 5.65 Å². The van der Waals surface area contributed by atoms with E-state index in [9.17, 15) is 4.79 Å². The van der Waals surface area contributed by atoms with Crippen LogP contribution in [-0.4, -0.2) is 27.0 Å². The van der Waals surface area contributed by atoms with Crippen LogP contribution in [0.2, 0.25) is 0 Å². The van der Waals surface area contributed by atoms with E-state index in [4.69, 9.17) is 0 Å². The molecule has 0 saturated carbocycles. The standard InChI is InChI=1S/C27H25N5O/c1-3-9-20(10-4-2)19-28-26(33)22-17-15-21(16-18-22)24-13-8-14-25-30-27(31-32(24)25)29-23-11-6-5-7-12-23/h3-18H,1,19H2,2H3,(H,28,33)(H,29,31). The number of pyridine rings is 1. The maximum Gasteiger partial charge on any atom is 0.251 e. The summed E-state index contributed by atoms with van der Waals surface area (Å²) in [5.74, 6) is 0.392. The molecule has 0 saturated heterocycles. The van der Waals surface area contributed by atoms with Gasteiger partial charge in [-0.05, 0) is 48.9 Å². The Kier molecular flexibility index (Phi) is 6.75. The summed E-state index contributed by atoms with van der Waals surface area (Å²) in [7, 11) is 0. The summed E-state index contributed by atoms with van der Waals surface area (Å²) in [6.07, 6.45) is 7.47. The van der Waals surface area contributed by atoms with Crippen molar-refractivity contribution in [3.05, 3.63) is 115 Å². The number of benzene rings is 2. The van der Waals surface area contributed by atoms with Crippen molar-refractivity contribution in [2.75, 3.05) is 11.9 Å². The van der Waals surface area contributed by atoms with Crippen LogP contribution in [0.25, 0.3) is 16.9 Å². The summed E-state index contributed by atoms with van der Waals surface area (Å²) in [6, 6.07) is 23.1. The van der Waals surface area contributed by atoms with Crippen molar-refractivity contribution in [3.8, 4) is 11.3 Å². The number of allylic oxidation sites excluding steroid dienone is 3. The minimum atomic E-state index is -0.130. The van der Waals surface area contributed by atoms with E-state index in [1.54, 1.807) is 10.6 Å². The third-order valence-electron chi connectivity index (χ3n) is 5.00. The molecule has 0 atom stereocenters. The van der Waals surface area contributed by atoms with Crippen molar-refractivity contribution in [1.29, 1.82) is 0 Å². The molecule has 2 N–H and O–H groups in total. The van der Waals surface area contributed by atoms with E-state index < -0.39 is 0 Å². The lowest BCUT2D eigenvalue weighted by molar-refractivity contribution is 0.0957. The van der Waals surface area contributed by atoms with Gasteiger partial charge in [-0.3, -0.25) is 4.79 Å². The molecule has 6 heteroatoms. The number of para-hydroxylation sites is 1. The Balaban J connectivity index is 1.52. The van der Waals surface area contributed by atoms with Gasteiger partial charge in [0.25, 0.3) is 5.91 Å². The van der Waals surface area contributed by atoms with Crippen LogP contribution in [0.3, 0.4) is 0 Å². The molecule has 2 heterocycles. The Morgan fingerprint density at radius 1 is 1.03 bits per heavy atom. The molecule has 164 valence electrons. The molecule has 4 aromatic rings. The molecule has 0 bridgehead atoms. The molecule has 0 unspecified atom stereocenters. The minimum absolute atomic E-state index is 0.130. The minimum Gasteiger partial charge on any atom is -0.348 e. The summed E-state index contributed by atoms with van der Waals surface area (Å²) in [4.78, 5) is 17.1. The number of carbonyl (C=O) groups is 1. The highest BCUT2D eigenvalue weighted by Crippen LogP contribution is 2.22. The number of hydrogen-bond donors (Lipinski definition) is 2. The molecule has 0 fully saturated rings. The van der Waals surface area contributed by atoms with Gasteiger partial charge < -0.3 is 10.6 Å². The van der Waals surface area contributed by atoms with Crippen LogP contribution in [-0.2, 0) is 0 Å². The lowest BCUT2D eigenvalue weighted by Crippen LogP contribution is -2.25. The summed E-state index contributed by atoms with van der Waals surface area (Å²) in [6.45, 7) is 6.09. The largest absolute Gasteiger partial charge is 0.348 e. The number of fused-ring (bicyclic) bond motifs is 1. The van der Waals surface area contributed by atoms with Gasteiger partial charge in [-0.15, -0.1) is 5.10 Å². The number of rotatable bonds is 8. The van der Waals surface area contributed by atoms with Crippen LogP contribution in [0.1, 0.15) is 17.3 Å². The van der Waals surface area contributed by atoms with Crippen LogP contribution in [0.4, 0.5) is 11.6 Å². The average molecular weight is 436 g/mol. The van der Waals surface area contributed by atoms with Crippen LogP contribution < -0.4 is 10.6 Å². The average Bonchev–Trinajstić information content (AvgIpc) is 3.26. The van der Waals surface area contributed by atoms with Crippen LogP contribution in [0.15, 0.2) is 109 Å². The van der Waals surface area contributed by atoms with E-state index in [1.165, 1.54) is 0 Å². The number of hydrogen-bond acceptors (Lipinski definition) is 4. The lowest BCUT2D eigenvalue weighted by Gasteiger charge is -2.08. The molecule has 0 aliphatic heterocycles. The van der Waals surface area contributed by atoms with E-state index in [1.807, 2.05) is 97.9 Å². The van der Waals surface area contributed by atoms with E-state index >= 15 is 0 Å². The molecule has 0 aliphatic carbocycles. The normalized spacial score (nSPS) is 11.6. The molecule has 0 radical (unpaired) electrons. The molecule has 0 aliphatic rings. The van der Waals surface area contributed by atoms with Gasteiger partial charge >= 0.3 is 0 Å². The fourth-order valence-electron chi connectivity index (χ4n) is 3.44. The van der Waals surface area contributed by atoms with Crippen molar-refractivity contribution in [1.82, 2.24) is 19.9 Å². The Labute approximate surface area is 193 Å². The Morgan fingerprint density at radius 3 is 2.55 bits per heavy atom. The van der Waals surface area contributed by atoms with Gasteiger partial charge in [0.1, 0.15) is 0 Å². The molecular weight excluding hydrogens is 410 g/mol. The van der Waals surface area contributed by atoms with Crippen molar-refractivity contribution >= 4 is 23.2 Å². The zero-order chi connectivity index (χ0) is 23.0. The first-order chi connectivity index (χ1) is 16.2. The number of carbonyl (C=O) groups excluding carboxylic acids is 1. The number of anilines is 2. The second kappa shape index (κ2) is 10.2. The number of nitrogens with zero attached hydrogens (tertiary/aromatic N) is 3. The topological polar surface area (TPSA) is 71.3 Å². The molecule has 1 amide bonds. The van der Waals surface area contributed by atoms with Gasteiger partial charge in [0.05, 0.1) is 5.69 Å². The maximum atomic E-state index is 12.6. The van der Waals surface area contributed by atoms with Crippen molar-refractivity contribution in [3.63, 3.8) is 0 Å². The summed E-state index contributed by atoms with van der Waals surface area (Å²) in [5, 5.41) is 10.8. The molecule has 6 nitrogen and oxygen atoms in total. The maximum absolute atomic E-state index is 12.6. The predicted molar refractivity (Wildman–Crippen MR) is 134 cm³/mol. The lowest BCUT2D eigenvalue weighted by atomic mass is 10.1. The Bertz CT molecular complexity index is 1320. The molecule has 2 aromatic carbocycles. The first kappa shape index (κ1) is 21.8. The highest BCUT2D eigenvalue weighted by atomic mass is 16.1. The third kappa shape index (κ3) is 5.25. The summed E-state index contributed by atoms with van der Waals surface area (Å²) < 4.78 is 1.80. The fourth-order valence-corrected chi connectivity index (χ4v) is 3.44. The molecule has 33 heavy (non-hydrogen) atoms. The zero-order valence-electron chi connectivity index (χ0n) is 18.4. The fraction of sp³-hybridized carbons (Fsp3) is 0.0741. The highest BCUT2D eigenvalue weighted by molar-refractivity contribution is 5.94. The smallest absolute Gasteiger partial charge is 0.251 e. The van der Waals surface area contributed by atoms with E-state index in [0.717, 1.165) is 28.2 Å². The monoisotopic (exact) mass is 435 g/mol. The van der Waals surface area contributed by atoms with Crippen LogP contribution >= 0.6 is 0 Å². The number of amides is 1. The third-order valence-corrected chi connectivity index (χ3v) is 5.00.